The topological polar surface area (TPSA) is 44.7 Å². The molecule has 0 fully saturated rings. The van der Waals surface area contributed by atoms with E-state index in [9.17, 15) is 0 Å². The van der Waals surface area contributed by atoms with Crippen LogP contribution in [0.2, 0.25) is 0 Å². The number of rotatable bonds is 7. The van der Waals surface area contributed by atoms with E-state index in [2.05, 4.69) is 173 Å². The van der Waals surface area contributed by atoms with Crippen LogP contribution in [0.4, 0.5) is 0 Å². The average Bonchev–Trinajstić information content (AvgIpc) is 3.15. The number of benzene rings is 4. The average molecular weight is 769 g/mol. The minimum Gasteiger partial charge on any atom is -0.492 e. The summed E-state index contributed by atoms with van der Waals surface area (Å²) in [5.41, 5.74) is 12.3. The molecule has 6 heteroatoms. The second-order valence-corrected chi connectivity index (χ2v) is 23.5. The van der Waals surface area contributed by atoms with Crippen molar-refractivity contribution in [3.05, 3.63) is 93.0 Å². The molecule has 0 radical (unpaired) electrons. The molecule has 292 valence electrons. The van der Waals surface area contributed by atoms with Crippen LogP contribution in [0.5, 0.6) is 11.5 Å². The molecule has 0 N–H and O–H groups in total. The Morgan fingerprint density at radius 3 is 1.24 bits per heavy atom. The van der Waals surface area contributed by atoms with E-state index in [0.29, 0.717) is 6.61 Å². The van der Waals surface area contributed by atoms with Gasteiger partial charge >= 0.3 is 8.24 Å². The third-order valence-electron chi connectivity index (χ3n) is 10.0. The number of ether oxygens (including phenoxy) is 1. The van der Waals surface area contributed by atoms with Gasteiger partial charge in [0, 0.05) is 50.3 Å². The van der Waals surface area contributed by atoms with Crippen LogP contribution in [0.1, 0.15) is 128 Å². The Balaban J connectivity index is 1.96. The molecular weight excluding hydrogens is 702 g/mol. The van der Waals surface area contributed by atoms with E-state index < -0.39 is 8.24 Å². The molecule has 4 aromatic carbocycles. The Hall–Kier alpha value is -3.19. The first kappa shape index (κ1) is 42.0. The van der Waals surface area contributed by atoms with Crippen LogP contribution in [0.25, 0.3) is 33.1 Å². The zero-order valence-corrected chi connectivity index (χ0v) is 38.3. The number of fused-ring (bicyclic) bond motifs is 3. The number of hydrogen-bond acceptors (Lipinski definition) is 4. The Kier molecular flexibility index (Phi) is 11.7. The van der Waals surface area contributed by atoms with Gasteiger partial charge in [-0.25, -0.2) is 0 Å². The highest BCUT2D eigenvalue weighted by molar-refractivity contribution is 7.56. The van der Waals surface area contributed by atoms with Gasteiger partial charge < -0.3 is 17.7 Å². The van der Waals surface area contributed by atoms with Gasteiger partial charge in [0.2, 0.25) is 0 Å². The molecule has 5 aromatic rings. The summed E-state index contributed by atoms with van der Waals surface area (Å²) in [6.07, 6.45) is 1.04. The van der Waals surface area contributed by atoms with Gasteiger partial charge in [0.25, 0.3) is 0 Å². The Morgan fingerprint density at radius 1 is 0.500 bits per heavy atom. The third-order valence-corrected chi connectivity index (χ3v) is 12.1. The van der Waals surface area contributed by atoms with Crippen LogP contribution in [0.15, 0.2) is 56.9 Å². The summed E-state index contributed by atoms with van der Waals surface area (Å²) in [4.78, 5) is 0. The van der Waals surface area contributed by atoms with Gasteiger partial charge in [-0.05, 0) is 109 Å². The van der Waals surface area contributed by atoms with Crippen molar-refractivity contribution in [2.75, 3.05) is 26.1 Å². The molecule has 4 nitrogen and oxygen atoms in total. The first-order chi connectivity index (χ1) is 24.8. The van der Waals surface area contributed by atoms with E-state index in [1.807, 2.05) is 0 Å². The summed E-state index contributed by atoms with van der Waals surface area (Å²) in [6.45, 7) is 41.1. The van der Waals surface area contributed by atoms with Gasteiger partial charge in [0.15, 0.2) is 0 Å². The van der Waals surface area contributed by atoms with Gasteiger partial charge in [-0.2, -0.15) is 0 Å². The molecule has 0 aliphatic heterocycles. The predicted octanol–water partition coefficient (Wildman–Crippen LogP) is 15.3. The molecule has 54 heavy (non-hydrogen) atoms. The summed E-state index contributed by atoms with van der Waals surface area (Å²) >= 11 is 0. The molecule has 0 atom stereocenters. The normalized spacial score (nSPS) is 12.9. The molecule has 0 saturated carbocycles. The van der Waals surface area contributed by atoms with Crippen LogP contribution in [0, 0.1) is 27.7 Å². The van der Waals surface area contributed by atoms with Crippen LogP contribution in [-0.4, -0.2) is 26.1 Å². The second-order valence-electron chi connectivity index (χ2n) is 19.9. The highest BCUT2D eigenvalue weighted by Crippen LogP contribution is 2.51. The van der Waals surface area contributed by atoms with E-state index in [1.54, 1.807) is 0 Å². The van der Waals surface area contributed by atoms with E-state index in [1.165, 1.54) is 27.8 Å². The van der Waals surface area contributed by atoms with E-state index >= 15 is 0 Å². The summed E-state index contributed by atoms with van der Waals surface area (Å²) in [7, 11) is -2.08. The number of hydrogen-bond donors (Lipinski definition) is 0. The first-order valence-electron chi connectivity index (χ1n) is 19.5. The Morgan fingerprint density at radius 2 is 0.852 bits per heavy atom. The minimum absolute atomic E-state index is 0.100. The lowest BCUT2D eigenvalue weighted by Crippen LogP contribution is -2.16. The molecule has 5 rings (SSSR count). The summed E-state index contributed by atoms with van der Waals surface area (Å²) in [5, 5.41) is 2.10. The molecule has 0 aliphatic rings. The fourth-order valence-corrected chi connectivity index (χ4v) is 8.79. The molecule has 0 aliphatic carbocycles. The van der Waals surface area contributed by atoms with Crippen molar-refractivity contribution in [1.82, 2.24) is 0 Å². The first-order valence-corrected chi connectivity index (χ1v) is 23.0. The summed E-state index contributed by atoms with van der Waals surface area (Å²) < 4.78 is 28.6. The van der Waals surface area contributed by atoms with E-state index in [0.717, 1.165) is 67.4 Å². The van der Waals surface area contributed by atoms with Gasteiger partial charge in [-0.3, -0.25) is 0 Å². The molecule has 0 bridgehead atoms. The van der Waals surface area contributed by atoms with Crippen molar-refractivity contribution < 1.29 is 17.7 Å². The Labute approximate surface area is 328 Å². The van der Waals surface area contributed by atoms with Crippen molar-refractivity contribution in [3.8, 4) is 22.6 Å². The molecule has 1 aromatic heterocycles. The molecule has 0 spiro atoms. The monoisotopic (exact) mass is 768 g/mol. The zero-order chi connectivity index (χ0) is 40.3. The molecule has 0 saturated heterocycles. The maximum Gasteiger partial charge on any atom is 0.453 e. The molecular formula is C48H66O4P2. The zero-order valence-electron chi connectivity index (χ0n) is 36.6. The lowest BCUT2D eigenvalue weighted by atomic mass is 9.80. The van der Waals surface area contributed by atoms with Crippen molar-refractivity contribution in [2.45, 2.75) is 132 Å². The molecule has 0 unspecified atom stereocenters. The van der Waals surface area contributed by atoms with Crippen molar-refractivity contribution in [2.24, 2.45) is 0 Å². The minimum atomic E-state index is -1.98. The second kappa shape index (κ2) is 15.0. The van der Waals surface area contributed by atoms with Crippen LogP contribution in [-0.2, 0) is 21.7 Å². The van der Waals surface area contributed by atoms with Crippen LogP contribution in [0.3, 0.4) is 0 Å². The highest BCUT2D eigenvalue weighted by atomic mass is 31.1. The van der Waals surface area contributed by atoms with Crippen LogP contribution >= 0.6 is 16.2 Å². The standard InChI is InChI=1S/C48H66O4P2/c1-29-21-33(41(49-19-20-53(17)18)37(25-29)45(5,6)7)34-22-30(2)26-38(46(8,9)10)42(34)50-54-51-43-35(23-31(3)27-39(43)47(11,12)13)36-24-32(4)28-40(44(36)52-54)48(14,15)16/h21-28H,19-20H2,1-18H3. The lowest BCUT2D eigenvalue weighted by Gasteiger charge is -2.28. The fraction of sp³-hybridized carbons (Fsp3) is 0.500. The molecule has 0 amide bonds. The SMILES string of the molecule is Cc1cc(-c2cc(C)cc(C(C)(C)C)c2Op2oc3c(C(C)(C)C)cc(C)cc3c3cc(C)cc(C(C)(C)C)c3o2)c(OCCP(C)C)c(C(C)(C)C)c1. The van der Waals surface area contributed by atoms with Crippen LogP contribution < -0.4 is 9.26 Å². The highest BCUT2D eigenvalue weighted by Gasteiger charge is 2.31. The fourth-order valence-electron chi connectivity index (χ4n) is 7.18. The lowest BCUT2D eigenvalue weighted by molar-refractivity contribution is 0.333. The quantitative estimate of drug-likeness (QED) is 0.155. The van der Waals surface area contributed by atoms with Crippen molar-refractivity contribution in [3.63, 3.8) is 0 Å². The molecule has 1 heterocycles. The summed E-state index contributed by atoms with van der Waals surface area (Å²) in [6, 6.07) is 18.1. The van der Waals surface area contributed by atoms with Gasteiger partial charge in [0.1, 0.15) is 22.7 Å². The number of aryl methyl sites for hydroxylation is 4. The Bertz CT molecular complexity index is 2150. The smallest absolute Gasteiger partial charge is 0.453 e. The van der Waals surface area contributed by atoms with Gasteiger partial charge in [-0.1, -0.05) is 107 Å². The predicted molar refractivity (Wildman–Crippen MR) is 237 cm³/mol. The van der Waals surface area contributed by atoms with Crippen molar-refractivity contribution >= 4 is 38.1 Å². The van der Waals surface area contributed by atoms with Gasteiger partial charge in [0.05, 0.1) is 6.61 Å². The van der Waals surface area contributed by atoms with E-state index in [-0.39, 0.29) is 29.6 Å². The largest absolute Gasteiger partial charge is 0.492 e. The van der Waals surface area contributed by atoms with Crippen molar-refractivity contribution in [1.29, 1.82) is 0 Å². The van der Waals surface area contributed by atoms with Gasteiger partial charge in [-0.15, -0.1) is 7.92 Å². The maximum absolute atomic E-state index is 7.37. The summed E-state index contributed by atoms with van der Waals surface area (Å²) in [5.74, 6) is 1.71. The third kappa shape index (κ3) is 9.09. The maximum atomic E-state index is 7.37. The van der Waals surface area contributed by atoms with E-state index in [4.69, 9.17) is 17.7 Å².